The maximum Gasteiger partial charge on any atom is 0.222 e. The lowest BCUT2D eigenvalue weighted by Gasteiger charge is -2.25. The molecule has 0 bridgehead atoms. The second-order valence-electron chi connectivity index (χ2n) is 8.85. The SMILES string of the molecule is CCC(=O)N1CC=C(c2cc3c(Nc4ccc5ncsc5c4)ncnc3[nH]2)CC1.CCCC(O)CC. The predicted octanol–water partition coefficient (Wildman–Crippen LogP) is 5.89. The Bertz CT molecular complexity index is 1340. The van der Waals surface area contributed by atoms with Crippen molar-refractivity contribution in [3.05, 3.63) is 47.9 Å². The third-order valence-electron chi connectivity index (χ3n) is 6.32. The number of nitrogens with zero attached hydrogens (tertiary/aromatic N) is 4. The lowest BCUT2D eigenvalue weighted by Crippen LogP contribution is -2.34. The second kappa shape index (κ2) is 12.1. The fourth-order valence-electron chi connectivity index (χ4n) is 4.18. The summed E-state index contributed by atoms with van der Waals surface area (Å²) < 4.78 is 1.13. The van der Waals surface area contributed by atoms with Crippen LogP contribution in [0.25, 0.3) is 26.8 Å². The number of nitrogens with one attached hydrogen (secondary N) is 2. The molecule has 5 rings (SSSR count). The van der Waals surface area contributed by atoms with Gasteiger partial charge in [-0.05, 0) is 49.1 Å². The topological polar surface area (TPSA) is 107 Å². The van der Waals surface area contributed by atoms with Crippen molar-refractivity contribution in [3.8, 4) is 0 Å². The summed E-state index contributed by atoms with van der Waals surface area (Å²) in [4.78, 5) is 30.4. The van der Waals surface area contributed by atoms with Gasteiger partial charge in [-0.1, -0.05) is 33.3 Å². The number of aliphatic hydroxyl groups excluding tert-OH is 1. The van der Waals surface area contributed by atoms with E-state index in [2.05, 4.69) is 50.4 Å². The smallest absolute Gasteiger partial charge is 0.222 e. The molecule has 1 amide bonds. The Balaban J connectivity index is 0.000000384. The number of hydrogen-bond acceptors (Lipinski definition) is 7. The molecule has 1 aliphatic rings. The summed E-state index contributed by atoms with van der Waals surface area (Å²) in [6, 6.07) is 8.18. The third-order valence-corrected chi connectivity index (χ3v) is 7.11. The number of rotatable bonds is 7. The van der Waals surface area contributed by atoms with Gasteiger partial charge in [-0.15, -0.1) is 11.3 Å². The molecule has 1 unspecified atom stereocenters. The number of carbonyl (C=O) groups excluding carboxylic acids is 1. The van der Waals surface area contributed by atoms with E-state index in [1.54, 1.807) is 17.7 Å². The van der Waals surface area contributed by atoms with Crippen molar-refractivity contribution >= 4 is 55.6 Å². The summed E-state index contributed by atoms with van der Waals surface area (Å²) in [5.74, 6) is 0.966. The van der Waals surface area contributed by atoms with Gasteiger partial charge in [0, 0.05) is 30.9 Å². The number of amides is 1. The predicted molar refractivity (Wildman–Crippen MR) is 147 cm³/mol. The molecule has 4 heterocycles. The van der Waals surface area contributed by atoms with Crippen LogP contribution in [0.1, 0.15) is 58.6 Å². The number of aliphatic hydroxyl groups is 1. The van der Waals surface area contributed by atoms with Gasteiger partial charge in [-0.2, -0.15) is 0 Å². The van der Waals surface area contributed by atoms with Crippen LogP contribution in [-0.4, -0.2) is 55.0 Å². The zero-order chi connectivity index (χ0) is 25.5. The van der Waals surface area contributed by atoms with Crippen LogP contribution in [0.2, 0.25) is 0 Å². The Labute approximate surface area is 215 Å². The van der Waals surface area contributed by atoms with Gasteiger partial charge in [0.05, 0.1) is 27.2 Å². The number of aromatic amines is 1. The van der Waals surface area contributed by atoms with Crippen molar-refractivity contribution in [1.29, 1.82) is 0 Å². The van der Waals surface area contributed by atoms with Crippen molar-refractivity contribution < 1.29 is 9.90 Å². The molecule has 0 spiro atoms. The Morgan fingerprint density at radius 3 is 2.78 bits per heavy atom. The van der Waals surface area contributed by atoms with Gasteiger partial charge in [0.25, 0.3) is 0 Å². The van der Waals surface area contributed by atoms with Crippen LogP contribution >= 0.6 is 11.3 Å². The molecular weight excluding hydrogens is 472 g/mol. The molecule has 36 heavy (non-hydrogen) atoms. The van der Waals surface area contributed by atoms with Gasteiger partial charge in [0.2, 0.25) is 5.91 Å². The van der Waals surface area contributed by atoms with Crippen LogP contribution < -0.4 is 5.32 Å². The van der Waals surface area contributed by atoms with Crippen LogP contribution in [0.4, 0.5) is 11.5 Å². The zero-order valence-electron chi connectivity index (χ0n) is 21.1. The van der Waals surface area contributed by atoms with Crippen LogP contribution in [0.5, 0.6) is 0 Å². The van der Waals surface area contributed by atoms with Crippen LogP contribution in [0.3, 0.4) is 0 Å². The van der Waals surface area contributed by atoms with Crippen LogP contribution in [0, 0.1) is 0 Å². The molecule has 1 atom stereocenters. The fraction of sp³-hybridized carbons (Fsp3) is 0.407. The fourth-order valence-corrected chi connectivity index (χ4v) is 4.90. The summed E-state index contributed by atoms with van der Waals surface area (Å²) in [6.07, 6.45) is 7.96. The van der Waals surface area contributed by atoms with Crippen molar-refractivity contribution in [2.24, 2.45) is 0 Å². The molecular formula is C27H34N6O2S. The van der Waals surface area contributed by atoms with E-state index in [4.69, 9.17) is 5.11 Å². The third kappa shape index (κ3) is 6.09. The zero-order valence-corrected chi connectivity index (χ0v) is 21.9. The average molecular weight is 507 g/mol. The number of aromatic nitrogens is 4. The number of H-pyrrole nitrogens is 1. The van der Waals surface area contributed by atoms with E-state index >= 15 is 0 Å². The first kappa shape index (κ1) is 25.8. The van der Waals surface area contributed by atoms with E-state index in [0.29, 0.717) is 13.0 Å². The molecule has 0 radical (unpaired) electrons. The number of benzene rings is 1. The molecule has 4 aromatic rings. The minimum absolute atomic E-state index is 0.0509. The minimum atomic E-state index is -0.0509. The lowest BCUT2D eigenvalue weighted by atomic mass is 10.0. The maximum absolute atomic E-state index is 11.9. The van der Waals surface area contributed by atoms with Crippen molar-refractivity contribution in [2.75, 3.05) is 18.4 Å². The number of thiazole rings is 1. The molecule has 9 heteroatoms. The van der Waals surface area contributed by atoms with Crippen molar-refractivity contribution in [2.45, 2.75) is 59.0 Å². The first-order chi connectivity index (χ1) is 17.5. The Morgan fingerprint density at radius 2 is 2.08 bits per heavy atom. The Hall–Kier alpha value is -3.30. The van der Waals surface area contributed by atoms with Crippen molar-refractivity contribution in [3.63, 3.8) is 0 Å². The average Bonchev–Trinajstić information content (AvgIpc) is 3.56. The largest absolute Gasteiger partial charge is 0.393 e. The highest BCUT2D eigenvalue weighted by Gasteiger charge is 2.18. The molecule has 0 fully saturated rings. The molecule has 0 aliphatic carbocycles. The van der Waals surface area contributed by atoms with Crippen LogP contribution in [-0.2, 0) is 4.79 Å². The van der Waals surface area contributed by atoms with Gasteiger partial charge >= 0.3 is 0 Å². The summed E-state index contributed by atoms with van der Waals surface area (Å²) in [6.45, 7) is 7.39. The molecule has 1 aromatic carbocycles. The molecule has 190 valence electrons. The highest BCUT2D eigenvalue weighted by molar-refractivity contribution is 7.16. The quantitative estimate of drug-likeness (QED) is 0.288. The van der Waals surface area contributed by atoms with Gasteiger partial charge < -0.3 is 20.3 Å². The first-order valence-corrected chi connectivity index (χ1v) is 13.5. The Kier molecular flexibility index (Phi) is 8.66. The highest BCUT2D eigenvalue weighted by Crippen LogP contribution is 2.30. The first-order valence-electron chi connectivity index (χ1n) is 12.6. The van der Waals surface area contributed by atoms with Crippen LogP contribution in [0.15, 0.2) is 42.2 Å². The van der Waals surface area contributed by atoms with E-state index in [9.17, 15) is 4.79 Å². The number of hydrogen-bond donors (Lipinski definition) is 3. The van der Waals surface area contributed by atoms with E-state index in [-0.39, 0.29) is 12.0 Å². The monoisotopic (exact) mass is 506 g/mol. The van der Waals surface area contributed by atoms with Gasteiger partial charge in [0.1, 0.15) is 17.8 Å². The number of carbonyl (C=O) groups is 1. The van der Waals surface area contributed by atoms with Gasteiger partial charge in [0.15, 0.2) is 0 Å². The molecule has 8 nitrogen and oxygen atoms in total. The minimum Gasteiger partial charge on any atom is -0.393 e. The normalized spacial score (nSPS) is 14.3. The molecule has 3 N–H and O–H groups in total. The van der Waals surface area contributed by atoms with E-state index in [1.165, 1.54) is 5.57 Å². The second-order valence-corrected chi connectivity index (χ2v) is 9.74. The summed E-state index contributed by atoms with van der Waals surface area (Å²) >= 11 is 1.62. The van der Waals surface area contributed by atoms with Crippen molar-refractivity contribution in [1.82, 2.24) is 24.8 Å². The number of anilines is 2. The standard InChI is InChI=1S/C21H20N6OS.C6H14O/c1-2-19(28)27-7-5-13(6-8-27)17-10-15-20(22-11-23-21(15)26-17)25-14-3-4-16-18(9-14)29-12-24-16;1-3-5-6(7)4-2/h3-5,9-12H,2,6-8H2,1H3,(H2,22,23,25,26);6-7H,3-5H2,1-2H3. The Morgan fingerprint density at radius 1 is 1.22 bits per heavy atom. The van der Waals surface area contributed by atoms with E-state index in [0.717, 1.165) is 70.7 Å². The summed E-state index contributed by atoms with van der Waals surface area (Å²) in [7, 11) is 0. The molecule has 0 saturated heterocycles. The van der Waals surface area contributed by atoms with Gasteiger partial charge in [-0.3, -0.25) is 4.79 Å². The molecule has 3 aromatic heterocycles. The van der Waals surface area contributed by atoms with Gasteiger partial charge in [-0.25, -0.2) is 15.0 Å². The molecule has 1 aliphatic heterocycles. The summed E-state index contributed by atoms with van der Waals surface area (Å²) in [5, 5.41) is 13.2. The summed E-state index contributed by atoms with van der Waals surface area (Å²) in [5.41, 5.74) is 6.85. The maximum atomic E-state index is 11.9. The van der Waals surface area contributed by atoms with E-state index < -0.39 is 0 Å². The highest BCUT2D eigenvalue weighted by atomic mass is 32.1. The van der Waals surface area contributed by atoms with E-state index in [1.807, 2.05) is 36.4 Å². The lowest BCUT2D eigenvalue weighted by molar-refractivity contribution is -0.130. The number of fused-ring (bicyclic) bond motifs is 2. The molecule has 0 saturated carbocycles.